The molecule has 1 aliphatic rings. The average molecular weight is 278 g/mol. The Balaban J connectivity index is 1.81. The fourth-order valence-electron chi connectivity index (χ4n) is 2.82. The van der Waals surface area contributed by atoms with E-state index in [9.17, 15) is 9.59 Å². The first kappa shape index (κ1) is 13.3. The van der Waals surface area contributed by atoms with Crippen molar-refractivity contribution < 1.29 is 14.7 Å². The molecule has 0 saturated carbocycles. The van der Waals surface area contributed by atoms with Gasteiger partial charge in [0, 0.05) is 0 Å². The summed E-state index contributed by atoms with van der Waals surface area (Å²) in [4.78, 5) is 21.3. The van der Waals surface area contributed by atoms with Gasteiger partial charge in [0.2, 0.25) is 0 Å². The van der Waals surface area contributed by atoms with Crippen LogP contribution in [0, 0.1) is 0 Å². The topological polar surface area (TPSA) is 54.4 Å². The second-order valence-electron chi connectivity index (χ2n) is 5.21. The second-order valence-corrected chi connectivity index (χ2v) is 5.21. The van der Waals surface area contributed by atoms with E-state index in [1.807, 2.05) is 18.2 Å². The number of rotatable bonds is 4. The van der Waals surface area contributed by atoms with Crippen LogP contribution in [0.25, 0.3) is 11.1 Å². The lowest BCUT2D eigenvalue weighted by atomic mass is 10.00. The average Bonchev–Trinajstić information content (AvgIpc) is 2.85. The first-order valence-electron chi connectivity index (χ1n) is 6.86. The van der Waals surface area contributed by atoms with E-state index in [0.717, 1.165) is 12.0 Å². The smallest absolute Gasteiger partial charge is 0.342 e. The van der Waals surface area contributed by atoms with Gasteiger partial charge < -0.3 is 5.11 Å². The van der Waals surface area contributed by atoms with Gasteiger partial charge in [-0.15, -0.1) is 0 Å². The van der Waals surface area contributed by atoms with Gasteiger partial charge in [0.1, 0.15) is 11.5 Å². The number of hydrogen-bond donors (Lipinski definition) is 1. The highest BCUT2D eigenvalue weighted by Crippen LogP contribution is 2.36. The molecule has 0 atom stereocenters. The van der Waals surface area contributed by atoms with Crippen molar-refractivity contribution in [3.05, 3.63) is 64.7 Å². The van der Waals surface area contributed by atoms with E-state index in [2.05, 4.69) is 24.3 Å². The van der Waals surface area contributed by atoms with Gasteiger partial charge in [-0.25, -0.2) is 9.59 Å². The summed E-state index contributed by atoms with van der Waals surface area (Å²) in [6, 6.07) is 14.5. The van der Waals surface area contributed by atoms with E-state index in [4.69, 9.17) is 5.11 Å². The Hall–Kier alpha value is -2.64. The van der Waals surface area contributed by atoms with E-state index < -0.39 is 5.97 Å². The van der Waals surface area contributed by atoms with Gasteiger partial charge in [-0.1, -0.05) is 42.5 Å². The number of fused-ring (bicyclic) bond motifs is 3. The Labute approximate surface area is 122 Å². The van der Waals surface area contributed by atoms with Gasteiger partial charge in [-0.3, -0.25) is 0 Å². The van der Waals surface area contributed by atoms with Crippen molar-refractivity contribution in [1.29, 1.82) is 0 Å². The monoisotopic (exact) mass is 278 g/mol. The van der Waals surface area contributed by atoms with Crippen molar-refractivity contribution in [3.8, 4) is 11.1 Å². The van der Waals surface area contributed by atoms with E-state index in [1.165, 1.54) is 28.2 Å². The van der Waals surface area contributed by atoms with E-state index in [-0.39, 0.29) is 12.0 Å². The number of carboxylic acids is 1. The summed E-state index contributed by atoms with van der Waals surface area (Å²) in [6.45, 7) is 0. The van der Waals surface area contributed by atoms with E-state index >= 15 is 0 Å². The molecular weight excluding hydrogens is 264 g/mol. The molecule has 0 saturated heterocycles. The zero-order valence-corrected chi connectivity index (χ0v) is 11.4. The standard InChI is InChI=1S/C18H14O3/c19-11-14(18(20)21)7-5-12-6-8-17-15(9-12)10-13-3-1-2-4-16(13)17/h1-4,6,8-9H,5,7,10H2,(H,20,21). The molecule has 0 spiro atoms. The van der Waals surface area contributed by atoms with Gasteiger partial charge in [-0.05, 0) is 47.1 Å². The molecule has 3 rings (SSSR count). The number of aryl methyl sites for hydroxylation is 1. The molecule has 1 N–H and O–H groups in total. The minimum atomic E-state index is -1.18. The fraction of sp³-hybridized carbons (Fsp3) is 0.167. The minimum absolute atomic E-state index is 0.196. The molecular formula is C18H14O3. The quantitative estimate of drug-likeness (QED) is 0.589. The summed E-state index contributed by atoms with van der Waals surface area (Å²) in [6.07, 6.45) is 1.67. The third kappa shape index (κ3) is 2.51. The van der Waals surface area contributed by atoms with Crippen molar-refractivity contribution >= 4 is 11.9 Å². The molecule has 3 heteroatoms. The molecule has 104 valence electrons. The van der Waals surface area contributed by atoms with E-state index in [1.54, 1.807) is 0 Å². The van der Waals surface area contributed by atoms with Crippen molar-refractivity contribution in [2.24, 2.45) is 0 Å². The zero-order valence-electron chi connectivity index (χ0n) is 11.4. The van der Waals surface area contributed by atoms with Crippen LogP contribution in [0.4, 0.5) is 0 Å². The van der Waals surface area contributed by atoms with Gasteiger partial charge in [0.25, 0.3) is 0 Å². The van der Waals surface area contributed by atoms with Crippen LogP contribution < -0.4 is 0 Å². The highest BCUT2D eigenvalue weighted by atomic mass is 16.4. The summed E-state index contributed by atoms with van der Waals surface area (Å²) in [5.41, 5.74) is 5.97. The molecule has 0 aliphatic heterocycles. The third-order valence-electron chi connectivity index (χ3n) is 3.90. The molecule has 0 unspecified atom stereocenters. The zero-order chi connectivity index (χ0) is 14.8. The number of aliphatic carboxylic acids is 1. The first-order chi connectivity index (χ1) is 10.2. The van der Waals surface area contributed by atoms with Crippen LogP contribution in [0.3, 0.4) is 0 Å². The predicted octanol–water partition coefficient (Wildman–Crippen LogP) is 3.03. The number of carboxylic acid groups (broad SMARTS) is 1. The summed E-state index contributed by atoms with van der Waals surface area (Å²) < 4.78 is 0. The van der Waals surface area contributed by atoms with Crippen LogP contribution in [0.5, 0.6) is 0 Å². The Morgan fingerprint density at radius 3 is 2.62 bits per heavy atom. The van der Waals surface area contributed by atoms with Gasteiger partial charge >= 0.3 is 5.97 Å². The summed E-state index contributed by atoms with van der Waals surface area (Å²) in [7, 11) is 0. The maximum absolute atomic E-state index is 10.8. The van der Waals surface area contributed by atoms with E-state index in [0.29, 0.717) is 6.42 Å². The second kappa shape index (κ2) is 5.39. The van der Waals surface area contributed by atoms with Crippen molar-refractivity contribution in [3.63, 3.8) is 0 Å². The minimum Gasteiger partial charge on any atom is -0.477 e. The van der Waals surface area contributed by atoms with Crippen LogP contribution in [0.15, 0.2) is 48.0 Å². The molecule has 0 aromatic heterocycles. The van der Waals surface area contributed by atoms with Gasteiger partial charge in [0.15, 0.2) is 0 Å². The largest absolute Gasteiger partial charge is 0.477 e. The third-order valence-corrected chi connectivity index (χ3v) is 3.90. The highest BCUT2D eigenvalue weighted by Gasteiger charge is 2.18. The number of benzene rings is 2. The molecule has 0 amide bonds. The van der Waals surface area contributed by atoms with Crippen LogP contribution in [0.1, 0.15) is 23.1 Å². The highest BCUT2D eigenvalue weighted by molar-refractivity contribution is 5.95. The molecule has 2 aromatic rings. The summed E-state index contributed by atoms with van der Waals surface area (Å²) in [5.74, 6) is 0.323. The molecule has 0 bridgehead atoms. The van der Waals surface area contributed by atoms with Crippen molar-refractivity contribution in [1.82, 2.24) is 0 Å². The Bertz CT molecular complexity index is 768. The van der Waals surface area contributed by atoms with Gasteiger partial charge in [-0.2, -0.15) is 0 Å². The SMILES string of the molecule is O=C=C(CCc1ccc2c(c1)Cc1ccccc1-2)C(=O)O. The van der Waals surface area contributed by atoms with Crippen molar-refractivity contribution in [2.45, 2.75) is 19.3 Å². The summed E-state index contributed by atoms with van der Waals surface area (Å²) in [5, 5.41) is 8.82. The Morgan fingerprint density at radius 1 is 1.10 bits per heavy atom. The predicted molar refractivity (Wildman–Crippen MR) is 79.8 cm³/mol. The lowest BCUT2D eigenvalue weighted by molar-refractivity contribution is -0.132. The molecule has 21 heavy (non-hydrogen) atoms. The molecule has 3 nitrogen and oxygen atoms in total. The number of carbonyl (C=O) groups excluding carboxylic acids is 1. The first-order valence-corrected chi connectivity index (χ1v) is 6.86. The summed E-state index contributed by atoms with van der Waals surface area (Å²) >= 11 is 0. The van der Waals surface area contributed by atoms with Crippen molar-refractivity contribution in [2.75, 3.05) is 0 Å². The Kier molecular flexibility index (Phi) is 3.43. The Morgan fingerprint density at radius 2 is 1.86 bits per heavy atom. The van der Waals surface area contributed by atoms with Crippen LogP contribution >= 0.6 is 0 Å². The lowest BCUT2D eigenvalue weighted by Crippen LogP contribution is -2.03. The van der Waals surface area contributed by atoms with Crippen LogP contribution in [-0.2, 0) is 22.4 Å². The number of hydrogen-bond acceptors (Lipinski definition) is 2. The molecule has 0 heterocycles. The molecule has 0 radical (unpaired) electrons. The van der Waals surface area contributed by atoms with Crippen LogP contribution in [0.2, 0.25) is 0 Å². The van der Waals surface area contributed by atoms with Gasteiger partial charge in [0.05, 0.1) is 0 Å². The molecule has 0 fully saturated rings. The van der Waals surface area contributed by atoms with Crippen LogP contribution in [-0.4, -0.2) is 17.0 Å². The maximum atomic E-state index is 10.8. The normalized spacial score (nSPS) is 11.4. The molecule has 2 aromatic carbocycles. The lowest BCUT2D eigenvalue weighted by Gasteiger charge is -2.05. The maximum Gasteiger partial charge on any atom is 0.342 e. The number of carbonyl (C=O) groups is 1. The molecule has 1 aliphatic carbocycles. The fourth-order valence-corrected chi connectivity index (χ4v) is 2.82.